The maximum absolute atomic E-state index is 12.5. The van der Waals surface area contributed by atoms with Gasteiger partial charge in [-0.05, 0) is 60.4 Å². The Morgan fingerprint density at radius 2 is 1.71 bits per heavy atom. The van der Waals surface area contributed by atoms with E-state index in [1.165, 1.54) is 29.5 Å². The molecule has 0 amide bonds. The van der Waals surface area contributed by atoms with Crippen molar-refractivity contribution in [3.05, 3.63) is 65.2 Å². The molecule has 3 aliphatic rings. The normalized spacial score (nSPS) is 24.6. The van der Waals surface area contributed by atoms with E-state index in [4.69, 9.17) is 4.74 Å². The smallest absolute Gasteiger partial charge is 0.227 e. The lowest BCUT2D eigenvalue weighted by Crippen LogP contribution is -2.43. The van der Waals surface area contributed by atoms with Crippen LogP contribution in [0, 0.1) is 0 Å². The second kappa shape index (κ2) is 8.54. The van der Waals surface area contributed by atoms with Crippen LogP contribution in [0.1, 0.15) is 47.9 Å². The number of methoxy groups -OCH3 is 1. The van der Waals surface area contributed by atoms with Gasteiger partial charge in [0.2, 0.25) is 10.0 Å². The average Bonchev–Trinajstić information content (AvgIpc) is 3.46. The molecule has 2 saturated heterocycles. The highest BCUT2D eigenvalue weighted by Gasteiger charge is 2.40. The Kier molecular flexibility index (Phi) is 5.77. The number of rotatable bonds is 7. The molecule has 2 aromatic rings. The van der Waals surface area contributed by atoms with Gasteiger partial charge in [0.05, 0.1) is 25.6 Å². The molecule has 2 aliphatic heterocycles. The fourth-order valence-corrected chi connectivity index (χ4v) is 6.38. The van der Waals surface area contributed by atoms with Crippen LogP contribution in [0.3, 0.4) is 0 Å². The molecule has 0 bridgehead atoms. The van der Waals surface area contributed by atoms with Crippen molar-refractivity contribution in [3.8, 4) is 5.75 Å². The van der Waals surface area contributed by atoms with Gasteiger partial charge in [-0.1, -0.05) is 36.4 Å². The molecule has 7 heteroatoms. The van der Waals surface area contributed by atoms with Gasteiger partial charge in [-0.15, -0.1) is 4.41 Å². The van der Waals surface area contributed by atoms with E-state index < -0.39 is 10.0 Å². The summed E-state index contributed by atoms with van der Waals surface area (Å²) in [5.41, 5.74) is 3.97. The fourth-order valence-electron chi connectivity index (χ4n) is 4.80. The van der Waals surface area contributed by atoms with Crippen LogP contribution in [-0.4, -0.2) is 61.9 Å². The molecule has 1 saturated carbocycles. The van der Waals surface area contributed by atoms with Crippen molar-refractivity contribution < 1.29 is 13.2 Å². The van der Waals surface area contributed by atoms with Crippen molar-refractivity contribution in [2.24, 2.45) is 0 Å². The molecular formula is C24H31N3O3S. The SMILES string of the molecule is COc1ccc(CCN2CN(N3CCCS3(=O)=O)CC2c2ccc(C3CC3)cc2)cc1. The molecule has 1 unspecified atom stereocenters. The van der Waals surface area contributed by atoms with Crippen molar-refractivity contribution in [2.45, 2.75) is 37.6 Å². The zero-order chi connectivity index (χ0) is 21.4. The van der Waals surface area contributed by atoms with Gasteiger partial charge in [0.1, 0.15) is 5.75 Å². The minimum Gasteiger partial charge on any atom is -0.497 e. The van der Waals surface area contributed by atoms with Crippen LogP contribution in [0.4, 0.5) is 0 Å². The molecule has 0 aromatic heterocycles. The predicted molar refractivity (Wildman–Crippen MR) is 121 cm³/mol. The molecule has 0 spiro atoms. The van der Waals surface area contributed by atoms with Crippen LogP contribution in [0.2, 0.25) is 0 Å². The van der Waals surface area contributed by atoms with Gasteiger partial charge in [0.25, 0.3) is 0 Å². The van der Waals surface area contributed by atoms with E-state index in [0.29, 0.717) is 26.2 Å². The highest BCUT2D eigenvalue weighted by molar-refractivity contribution is 7.89. The molecule has 0 N–H and O–H groups in total. The predicted octanol–water partition coefficient (Wildman–Crippen LogP) is 3.38. The first kappa shape index (κ1) is 20.9. The van der Waals surface area contributed by atoms with Gasteiger partial charge in [0.15, 0.2) is 0 Å². The Balaban J connectivity index is 1.34. The van der Waals surface area contributed by atoms with Crippen LogP contribution in [-0.2, 0) is 16.4 Å². The van der Waals surface area contributed by atoms with Gasteiger partial charge < -0.3 is 4.74 Å². The van der Waals surface area contributed by atoms with E-state index in [9.17, 15) is 8.42 Å². The number of ether oxygens (including phenoxy) is 1. The standard InChI is InChI=1S/C24H31N3O3S/c1-30-23-11-3-19(4-12-23)13-15-25-18-26(27-14-2-16-31(27,28)29)17-24(25)22-9-7-21(8-10-22)20-5-6-20/h3-4,7-12,20,24H,2,5-6,13-18H2,1H3. The highest BCUT2D eigenvalue weighted by Crippen LogP contribution is 2.41. The largest absolute Gasteiger partial charge is 0.497 e. The number of hydrogen-bond acceptors (Lipinski definition) is 5. The maximum atomic E-state index is 12.5. The van der Waals surface area contributed by atoms with Crippen LogP contribution >= 0.6 is 0 Å². The van der Waals surface area contributed by atoms with E-state index in [0.717, 1.165) is 24.6 Å². The first-order chi connectivity index (χ1) is 15.0. The molecule has 6 nitrogen and oxygen atoms in total. The molecule has 0 radical (unpaired) electrons. The van der Waals surface area contributed by atoms with Crippen molar-refractivity contribution in [3.63, 3.8) is 0 Å². The molecule has 166 valence electrons. The van der Waals surface area contributed by atoms with E-state index in [2.05, 4.69) is 41.3 Å². The van der Waals surface area contributed by atoms with E-state index in [-0.39, 0.29) is 11.8 Å². The van der Waals surface area contributed by atoms with Crippen molar-refractivity contribution in [1.29, 1.82) is 0 Å². The number of hydrogen-bond donors (Lipinski definition) is 0. The summed E-state index contributed by atoms with van der Waals surface area (Å²) in [7, 11) is -1.49. The van der Waals surface area contributed by atoms with Gasteiger partial charge >= 0.3 is 0 Å². The van der Waals surface area contributed by atoms with Crippen molar-refractivity contribution in [2.75, 3.05) is 39.2 Å². The molecule has 5 rings (SSSR count). The minimum absolute atomic E-state index is 0.197. The molecular weight excluding hydrogens is 410 g/mol. The molecule has 2 heterocycles. The minimum atomic E-state index is -3.17. The first-order valence-corrected chi connectivity index (χ1v) is 12.9. The summed E-state index contributed by atoms with van der Waals surface area (Å²) in [5, 5.41) is 2.04. The van der Waals surface area contributed by atoms with Gasteiger partial charge in [0, 0.05) is 19.6 Å². The summed E-state index contributed by atoms with van der Waals surface area (Å²) in [6, 6.07) is 17.4. The van der Waals surface area contributed by atoms with Crippen LogP contribution < -0.4 is 4.74 Å². The van der Waals surface area contributed by atoms with Gasteiger partial charge in [-0.3, -0.25) is 4.90 Å². The third-order valence-electron chi connectivity index (χ3n) is 6.77. The second-order valence-electron chi connectivity index (χ2n) is 8.91. The third-order valence-corrected chi connectivity index (χ3v) is 8.63. The van der Waals surface area contributed by atoms with Crippen molar-refractivity contribution in [1.82, 2.24) is 14.3 Å². The lowest BCUT2D eigenvalue weighted by atomic mass is 10.0. The lowest BCUT2D eigenvalue weighted by molar-refractivity contribution is 0.0758. The number of hydrazine groups is 1. The summed E-state index contributed by atoms with van der Waals surface area (Å²) >= 11 is 0. The summed E-state index contributed by atoms with van der Waals surface area (Å²) in [4.78, 5) is 2.42. The summed E-state index contributed by atoms with van der Waals surface area (Å²) in [6.45, 7) is 2.84. The Morgan fingerprint density at radius 1 is 1.00 bits per heavy atom. The van der Waals surface area contributed by atoms with Gasteiger partial charge in [-0.2, -0.15) is 0 Å². The highest BCUT2D eigenvalue weighted by atomic mass is 32.2. The summed E-state index contributed by atoms with van der Waals surface area (Å²) in [5.74, 6) is 1.87. The zero-order valence-electron chi connectivity index (χ0n) is 18.1. The number of sulfonamides is 1. The van der Waals surface area contributed by atoms with E-state index >= 15 is 0 Å². The molecule has 1 atom stereocenters. The molecule has 1 aliphatic carbocycles. The number of nitrogens with zero attached hydrogens (tertiary/aromatic N) is 3. The first-order valence-electron chi connectivity index (χ1n) is 11.3. The number of benzene rings is 2. The van der Waals surface area contributed by atoms with Crippen LogP contribution in [0.5, 0.6) is 5.75 Å². The summed E-state index contributed by atoms with van der Waals surface area (Å²) in [6.07, 6.45) is 4.24. The van der Waals surface area contributed by atoms with Crippen molar-refractivity contribution >= 4 is 10.0 Å². The second-order valence-corrected chi connectivity index (χ2v) is 10.9. The molecule has 2 aromatic carbocycles. The van der Waals surface area contributed by atoms with Crippen LogP contribution in [0.15, 0.2) is 48.5 Å². The Hall–Kier alpha value is -1.93. The molecule has 3 fully saturated rings. The molecule has 31 heavy (non-hydrogen) atoms. The Labute approximate surface area is 185 Å². The lowest BCUT2D eigenvalue weighted by Gasteiger charge is -2.26. The average molecular weight is 442 g/mol. The fraction of sp³-hybridized carbons (Fsp3) is 0.500. The van der Waals surface area contributed by atoms with E-state index in [1.807, 2.05) is 17.1 Å². The monoisotopic (exact) mass is 441 g/mol. The van der Waals surface area contributed by atoms with Gasteiger partial charge in [-0.25, -0.2) is 13.4 Å². The summed E-state index contributed by atoms with van der Waals surface area (Å²) < 4.78 is 31.9. The third kappa shape index (κ3) is 4.51. The Morgan fingerprint density at radius 3 is 2.32 bits per heavy atom. The van der Waals surface area contributed by atoms with Crippen LogP contribution in [0.25, 0.3) is 0 Å². The maximum Gasteiger partial charge on any atom is 0.227 e. The topological polar surface area (TPSA) is 53.1 Å². The van der Waals surface area contributed by atoms with E-state index in [1.54, 1.807) is 11.5 Å². The zero-order valence-corrected chi connectivity index (χ0v) is 18.9. The Bertz CT molecular complexity index is 1000. The quantitative estimate of drug-likeness (QED) is 0.659.